The van der Waals surface area contributed by atoms with E-state index in [0.717, 1.165) is 30.6 Å². The number of nitrogens with zero attached hydrogens (tertiary/aromatic N) is 1. The lowest BCUT2D eigenvalue weighted by atomic mass is 10.0. The average Bonchev–Trinajstić information content (AvgIpc) is 3.33. The van der Waals surface area contributed by atoms with Crippen LogP contribution in [-0.4, -0.2) is 4.57 Å². The van der Waals surface area contributed by atoms with E-state index in [1.54, 1.807) is 0 Å². The largest absolute Gasteiger partial charge is 0.456 e. The summed E-state index contributed by atoms with van der Waals surface area (Å²) in [6.07, 6.45) is 2.23. The van der Waals surface area contributed by atoms with Crippen molar-refractivity contribution in [1.82, 2.24) is 4.57 Å². The molecule has 0 bridgehead atoms. The Balaban J connectivity index is 1.52. The zero-order valence-electron chi connectivity index (χ0n) is 18.0. The van der Waals surface area contributed by atoms with Gasteiger partial charge in [0, 0.05) is 39.1 Å². The van der Waals surface area contributed by atoms with Crippen molar-refractivity contribution in [2.24, 2.45) is 0 Å². The fourth-order valence-electron chi connectivity index (χ4n) is 5.02. The molecule has 0 aliphatic rings. The first-order chi connectivity index (χ1) is 15.3. The van der Waals surface area contributed by atoms with E-state index in [-0.39, 0.29) is 0 Å². The summed E-state index contributed by atoms with van der Waals surface area (Å²) in [6, 6.07) is 28.8. The zero-order chi connectivity index (χ0) is 20.9. The van der Waals surface area contributed by atoms with Crippen molar-refractivity contribution in [1.29, 1.82) is 0 Å². The molecule has 0 amide bonds. The molecule has 0 spiro atoms. The lowest BCUT2D eigenvalue weighted by Crippen LogP contribution is -1.92. The van der Waals surface area contributed by atoms with Crippen molar-refractivity contribution in [2.75, 3.05) is 0 Å². The van der Waals surface area contributed by atoms with E-state index < -0.39 is 0 Å². The molecule has 6 aromatic rings. The highest BCUT2D eigenvalue weighted by molar-refractivity contribution is 6.10. The van der Waals surface area contributed by atoms with Gasteiger partial charge in [0.25, 0.3) is 0 Å². The number of fused-ring (bicyclic) bond motifs is 6. The maximum absolute atomic E-state index is 6.28. The third-order valence-corrected chi connectivity index (χ3v) is 6.50. The Kier molecular flexibility index (Phi) is 4.14. The van der Waals surface area contributed by atoms with E-state index in [2.05, 4.69) is 97.3 Å². The second-order valence-corrected chi connectivity index (χ2v) is 8.39. The summed E-state index contributed by atoms with van der Waals surface area (Å²) in [6.45, 7) is 5.39. The summed E-state index contributed by atoms with van der Waals surface area (Å²) >= 11 is 0. The molecule has 0 aliphatic heterocycles. The van der Waals surface area contributed by atoms with Gasteiger partial charge in [-0.3, -0.25) is 0 Å². The van der Waals surface area contributed by atoms with Gasteiger partial charge in [0.1, 0.15) is 11.2 Å². The number of rotatable bonds is 4. The molecule has 2 nitrogen and oxygen atoms in total. The van der Waals surface area contributed by atoms with Gasteiger partial charge in [-0.2, -0.15) is 0 Å². The van der Waals surface area contributed by atoms with Gasteiger partial charge in [-0.25, -0.2) is 0 Å². The highest BCUT2D eigenvalue weighted by Crippen LogP contribution is 2.36. The van der Waals surface area contributed by atoms with E-state index in [9.17, 15) is 0 Å². The molecule has 31 heavy (non-hydrogen) atoms. The molecule has 4 aromatic carbocycles. The smallest absolute Gasteiger partial charge is 0.136 e. The van der Waals surface area contributed by atoms with E-state index in [0.29, 0.717) is 0 Å². The van der Waals surface area contributed by atoms with Crippen molar-refractivity contribution in [3.8, 4) is 11.1 Å². The predicted octanol–water partition coefficient (Wildman–Crippen LogP) is 8.33. The van der Waals surface area contributed by atoms with Crippen molar-refractivity contribution in [3.63, 3.8) is 0 Å². The molecular formula is C29H25NO. The lowest BCUT2D eigenvalue weighted by Gasteiger charge is -2.05. The molecule has 0 fully saturated rings. The van der Waals surface area contributed by atoms with Crippen LogP contribution < -0.4 is 0 Å². The molecule has 2 heterocycles. The quantitative estimate of drug-likeness (QED) is 0.289. The standard InChI is InChI=1S/C29H25NO/c1-3-7-19-10-13-23-24-14-11-21(18-29(24)31-28(23)16-19)20-12-15-27-25(17-20)22-8-5-6-9-26(22)30(27)4-2/h5-6,8-18H,3-4,7H2,1-2H3. The number of hydrogen-bond donors (Lipinski definition) is 0. The van der Waals surface area contributed by atoms with Gasteiger partial charge in [-0.15, -0.1) is 0 Å². The summed E-state index contributed by atoms with van der Waals surface area (Å²) < 4.78 is 8.67. The Hall–Kier alpha value is -3.52. The Morgan fingerprint density at radius 1 is 0.645 bits per heavy atom. The number of furan rings is 1. The van der Waals surface area contributed by atoms with Gasteiger partial charge in [0.15, 0.2) is 0 Å². The van der Waals surface area contributed by atoms with Crippen LogP contribution in [0.5, 0.6) is 0 Å². The van der Waals surface area contributed by atoms with Gasteiger partial charge >= 0.3 is 0 Å². The second-order valence-electron chi connectivity index (χ2n) is 8.39. The number of benzene rings is 4. The molecule has 0 unspecified atom stereocenters. The van der Waals surface area contributed by atoms with Crippen LogP contribution in [-0.2, 0) is 13.0 Å². The Bertz CT molecular complexity index is 1580. The Morgan fingerprint density at radius 2 is 1.35 bits per heavy atom. The van der Waals surface area contributed by atoms with Crippen LogP contribution in [0.3, 0.4) is 0 Å². The summed E-state index contributed by atoms with van der Waals surface area (Å²) in [4.78, 5) is 0. The SMILES string of the molecule is CCCc1ccc2c(c1)oc1cc(-c3ccc4c(c3)c3ccccc3n4CC)ccc12. The van der Waals surface area contributed by atoms with Crippen LogP contribution in [0, 0.1) is 0 Å². The topological polar surface area (TPSA) is 18.1 Å². The number of para-hydroxylation sites is 1. The maximum Gasteiger partial charge on any atom is 0.136 e. The minimum atomic E-state index is 0.956. The zero-order valence-corrected chi connectivity index (χ0v) is 18.0. The number of aryl methyl sites for hydroxylation is 2. The van der Waals surface area contributed by atoms with Gasteiger partial charge in [-0.1, -0.05) is 55.8 Å². The summed E-state index contributed by atoms with van der Waals surface area (Å²) in [5.41, 5.74) is 8.29. The molecule has 6 rings (SSSR count). The Morgan fingerprint density at radius 3 is 2.19 bits per heavy atom. The normalized spacial score (nSPS) is 11.9. The molecule has 0 aliphatic carbocycles. The second kappa shape index (κ2) is 7.02. The van der Waals surface area contributed by atoms with Crippen LogP contribution in [0.15, 0.2) is 83.3 Å². The van der Waals surface area contributed by atoms with Gasteiger partial charge < -0.3 is 8.98 Å². The molecule has 0 saturated carbocycles. The van der Waals surface area contributed by atoms with E-state index >= 15 is 0 Å². The summed E-state index contributed by atoms with van der Waals surface area (Å²) in [5, 5.41) is 5.01. The molecule has 2 heteroatoms. The predicted molar refractivity (Wildman–Crippen MR) is 132 cm³/mol. The molecule has 0 N–H and O–H groups in total. The van der Waals surface area contributed by atoms with E-state index in [4.69, 9.17) is 4.42 Å². The summed E-state index contributed by atoms with van der Waals surface area (Å²) in [7, 11) is 0. The van der Waals surface area contributed by atoms with Crippen molar-refractivity contribution >= 4 is 43.7 Å². The molecule has 2 aromatic heterocycles. The molecule has 0 saturated heterocycles. The third kappa shape index (κ3) is 2.79. The average molecular weight is 404 g/mol. The van der Waals surface area contributed by atoms with Crippen molar-refractivity contribution < 1.29 is 4.42 Å². The first kappa shape index (κ1) is 18.3. The van der Waals surface area contributed by atoms with Gasteiger partial charge in [0.05, 0.1) is 0 Å². The number of aromatic nitrogens is 1. The highest BCUT2D eigenvalue weighted by atomic mass is 16.3. The minimum Gasteiger partial charge on any atom is -0.456 e. The lowest BCUT2D eigenvalue weighted by molar-refractivity contribution is 0.668. The first-order valence-corrected chi connectivity index (χ1v) is 11.2. The van der Waals surface area contributed by atoms with Gasteiger partial charge in [0.2, 0.25) is 0 Å². The Labute approximate surface area is 181 Å². The van der Waals surface area contributed by atoms with Crippen molar-refractivity contribution in [3.05, 3.63) is 84.4 Å². The van der Waals surface area contributed by atoms with Gasteiger partial charge in [-0.05, 0) is 66.4 Å². The van der Waals surface area contributed by atoms with Crippen LogP contribution in [0.1, 0.15) is 25.8 Å². The summed E-state index contributed by atoms with van der Waals surface area (Å²) in [5.74, 6) is 0. The van der Waals surface area contributed by atoms with E-state index in [1.807, 2.05) is 0 Å². The molecular weight excluding hydrogens is 378 g/mol. The maximum atomic E-state index is 6.28. The van der Waals surface area contributed by atoms with Crippen LogP contribution >= 0.6 is 0 Å². The molecule has 152 valence electrons. The van der Waals surface area contributed by atoms with Crippen LogP contribution in [0.25, 0.3) is 54.9 Å². The van der Waals surface area contributed by atoms with Crippen molar-refractivity contribution in [2.45, 2.75) is 33.2 Å². The fourth-order valence-corrected chi connectivity index (χ4v) is 5.02. The number of hydrogen-bond acceptors (Lipinski definition) is 1. The van der Waals surface area contributed by atoms with E-state index in [1.165, 1.54) is 49.3 Å². The molecule has 0 atom stereocenters. The minimum absolute atomic E-state index is 0.956. The van der Waals surface area contributed by atoms with Crippen LogP contribution in [0.2, 0.25) is 0 Å². The van der Waals surface area contributed by atoms with Crippen LogP contribution in [0.4, 0.5) is 0 Å². The molecule has 0 radical (unpaired) electrons. The highest BCUT2D eigenvalue weighted by Gasteiger charge is 2.12. The monoisotopic (exact) mass is 403 g/mol. The third-order valence-electron chi connectivity index (χ3n) is 6.50. The fraction of sp³-hybridized carbons (Fsp3) is 0.172. The first-order valence-electron chi connectivity index (χ1n) is 11.2.